The molecule has 0 N–H and O–H groups in total. The van der Waals surface area contributed by atoms with Gasteiger partial charge < -0.3 is 14.6 Å². The van der Waals surface area contributed by atoms with Crippen LogP contribution < -0.4 is 9.84 Å². The summed E-state index contributed by atoms with van der Waals surface area (Å²) >= 11 is 6.08. The number of aliphatic carboxylic acids is 1. The van der Waals surface area contributed by atoms with Crippen molar-refractivity contribution < 1.29 is 23.8 Å². The minimum absolute atomic E-state index is 0.180. The first-order valence-electron chi connectivity index (χ1n) is 7.85. The Labute approximate surface area is 164 Å². The van der Waals surface area contributed by atoms with Gasteiger partial charge in [0.1, 0.15) is 22.5 Å². The van der Waals surface area contributed by atoms with Gasteiger partial charge in [-0.15, -0.1) is 0 Å². The lowest BCUT2D eigenvalue weighted by atomic mass is 10.2. The molecule has 8 heteroatoms. The minimum atomic E-state index is -1.37. The number of benzene rings is 2. The van der Waals surface area contributed by atoms with Crippen molar-refractivity contribution in [2.24, 2.45) is 0 Å². The number of amides is 1. The summed E-state index contributed by atoms with van der Waals surface area (Å²) in [7, 11) is 0. The van der Waals surface area contributed by atoms with Crippen molar-refractivity contribution in [3.63, 3.8) is 0 Å². The van der Waals surface area contributed by atoms with Crippen molar-refractivity contribution >= 4 is 46.3 Å². The van der Waals surface area contributed by atoms with Gasteiger partial charge in [-0.05, 0) is 41.5 Å². The number of thioether (sulfide) groups is 1. The van der Waals surface area contributed by atoms with Crippen molar-refractivity contribution in [3.8, 4) is 5.75 Å². The number of nitrogens with zero attached hydrogens (tertiary/aromatic N) is 1. The second-order valence-electron chi connectivity index (χ2n) is 5.63. The molecular formula is C19H13FNO4S2-. The van der Waals surface area contributed by atoms with Crippen LogP contribution in [0.3, 0.4) is 0 Å². The number of carboxylic acid groups (broad SMARTS) is 1. The third kappa shape index (κ3) is 4.93. The van der Waals surface area contributed by atoms with Gasteiger partial charge in [-0.3, -0.25) is 9.69 Å². The quantitative estimate of drug-likeness (QED) is 0.546. The maximum atomic E-state index is 12.9. The Balaban J connectivity index is 1.71. The average Bonchev–Trinajstić information content (AvgIpc) is 2.89. The molecule has 138 valence electrons. The van der Waals surface area contributed by atoms with Crippen LogP contribution >= 0.6 is 24.0 Å². The molecule has 0 bridgehead atoms. The summed E-state index contributed by atoms with van der Waals surface area (Å²) < 4.78 is 18.8. The van der Waals surface area contributed by atoms with Crippen LogP contribution in [0.5, 0.6) is 5.75 Å². The Morgan fingerprint density at radius 2 is 2.00 bits per heavy atom. The van der Waals surface area contributed by atoms with E-state index in [1.165, 1.54) is 12.1 Å². The van der Waals surface area contributed by atoms with E-state index in [2.05, 4.69) is 0 Å². The molecular weight excluding hydrogens is 389 g/mol. The van der Waals surface area contributed by atoms with Gasteiger partial charge in [0.2, 0.25) is 0 Å². The predicted molar refractivity (Wildman–Crippen MR) is 102 cm³/mol. The van der Waals surface area contributed by atoms with E-state index in [1.54, 1.807) is 42.5 Å². The smallest absolute Gasteiger partial charge is 0.266 e. The van der Waals surface area contributed by atoms with E-state index in [1.807, 2.05) is 0 Å². The van der Waals surface area contributed by atoms with Crippen molar-refractivity contribution in [3.05, 3.63) is 70.4 Å². The predicted octanol–water partition coefficient (Wildman–Crippen LogP) is 2.36. The molecule has 0 saturated carbocycles. The van der Waals surface area contributed by atoms with Crippen LogP contribution in [-0.2, 0) is 16.2 Å². The molecule has 2 aromatic rings. The van der Waals surface area contributed by atoms with Crippen LogP contribution in [0.2, 0.25) is 0 Å². The summed E-state index contributed by atoms with van der Waals surface area (Å²) in [5, 5.41) is 10.7. The number of carbonyl (C=O) groups excluding carboxylic acids is 2. The van der Waals surface area contributed by atoms with Gasteiger partial charge in [-0.1, -0.05) is 48.2 Å². The van der Waals surface area contributed by atoms with Gasteiger partial charge >= 0.3 is 0 Å². The summed E-state index contributed by atoms with van der Waals surface area (Å²) in [5.41, 5.74) is 1.53. The van der Waals surface area contributed by atoms with Crippen LogP contribution in [0.15, 0.2) is 53.4 Å². The maximum absolute atomic E-state index is 12.9. The normalized spacial score (nSPS) is 15.4. The molecule has 1 aliphatic rings. The molecule has 5 nitrogen and oxygen atoms in total. The van der Waals surface area contributed by atoms with E-state index in [0.717, 1.165) is 22.2 Å². The first-order chi connectivity index (χ1) is 12.9. The highest BCUT2D eigenvalue weighted by Gasteiger charge is 2.31. The van der Waals surface area contributed by atoms with Crippen LogP contribution in [-0.4, -0.2) is 27.6 Å². The summed E-state index contributed by atoms with van der Waals surface area (Å²) in [4.78, 5) is 24.3. The lowest BCUT2D eigenvalue weighted by Gasteiger charge is -2.14. The highest BCUT2D eigenvalue weighted by Crippen LogP contribution is 2.32. The third-order valence-electron chi connectivity index (χ3n) is 3.64. The lowest BCUT2D eigenvalue weighted by Crippen LogP contribution is -2.40. The second kappa shape index (κ2) is 8.32. The van der Waals surface area contributed by atoms with Crippen molar-refractivity contribution in [2.45, 2.75) is 6.61 Å². The molecule has 0 unspecified atom stereocenters. The van der Waals surface area contributed by atoms with Gasteiger partial charge in [0.25, 0.3) is 5.91 Å². The molecule has 0 atom stereocenters. The molecule has 2 aromatic carbocycles. The lowest BCUT2D eigenvalue weighted by molar-refractivity contribution is -0.305. The number of carboxylic acids is 1. The number of rotatable bonds is 6. The largest absolute Gasteiger partial charge is 0.548 e. The summed E-state index contributed by atoms with van der Waals surface area (Å²) in [6.07, 6.45) is 1.62. The Morgan fingerprint density at radius 1 is 1.26 bits per heavy atom. The van der Waals surface area contributed by atoms with Crippen molar-refractivity contribution in [2.75, 3.05) is 6.54 Å². The molecule has 0 aromatic heterocycles. The topological polar surface area (TPSA) is 69.7 Å². The first kappa shape index (κ1) is 19.1. The van der Waals surface area contributed by atoms with E-state index in [9.17, 15) is 19.1 Å². The summed E-state index contributed by atoms with van der Waals surface area (Å²) in [6, 6.07) is 13.1. The maximum Gasteiger partial charge on any atom is 0.266 e. The van der Waals surface area contributed by atoms with Crippen LogP contribution in [0.1, 0.15) is 11.1 Å². The fraction of sp³-hybridized carbons (Fsp3) is 0.105. The molecule has 0 spiro atoms. The fourth-order valence-corrected chi connectivity index (χ4v) is 3.61. The number of hydrogen-bond donors (Lipinski definition) is 0. The molecule has 1 aliphatic heterocycles. The number of hydrogen-bond acceptors (Lipinski definition) is 6. The standard InChI is InChI=1S/C19H14FNO4S2/c20-14-6-4-12(5-7-14)11-25-15-3-1-2-13(8-15)9-16-18(24)21(10-17(22)23)19(26)27-16/h1-9H,10-11H2,(H,22,23)/p-1/b16-9+. The summed E-state index contributed by atoms with van der Waals surface area (Å²) in [5.74, 6) is -1.56. The average molecular weight is 402 g/mol. The number of thiocarbonyl (C=S) groups is 1. The SMILES string of the molecule is O=C([O-])CN1C(=O)/C(=C\c2cccc(OCc3ccc(F)cc3)c2)SC1=S. The van der Waals surface area contributed by atoms with E-state index in [-0.39, 0.29) is 16.7 Å². The zero-order chi connectivity index (χ0) is 19.4. The molecule has 1 heterocycles. The first-order valence-corrected chi connectivity index (χ1v) is 9.07. The molecule has 1 saturated heterocycles. The molecule has 1 amide bonds. The zero-order valence-corrected chi connectivity index (χ0v) is 15.5. The fourth-order valence-electron chi connectivity index (χ4n) is 2.36. The van der Waals surface area contributed by atoms with Gasteiger partial charge in [-0.2, -0.15) is 0 Å². The molecule has 3 rings (SSSR count). The van der Waals surface area contributed by atoms with Gasteiger partial charge in [0, 0.05) is 0 Å². The van der Waals surface area contributed by atoms with Crippen LogP contribution in [0.25, 0.3) is 6.08 Å². The van der Waals surface area contributed by atoms with Gasteiger partial charge in [0.15, 0.2) is 0 Å². The Kier molecular flexibility index (Phi) is 5.88. The molecule has 0 aliphatic carbocycles. The number of carbonyl (C=O) groups is 2. The summed E-state index contributed by atoms with van der Waals surface area (Å²) in [6.45, 7) is -0.291. The highest BCUT2D eigenvalue weighted by molar-refractivity contribution is 8.26. The van der Waals surface area contributed by atoms with Crippen molar-refractivity contribution in [1.82, 2.24) is 4.90 Å². The van der Waals surface area contributed by atoms with Gasteiger partial charge in [-0.25, -0.2) is 4.39 Å². The Morgan fingerprint density at radius 3 is 2.70 bits per heavy atom. The molecule has 1 fully saturated rings. The molecule has 27 heavy (non-hydrogen) atoms. The number of halogens is 1. The zero-order valence-electron chi connectivity index (χ0n) is 13.9. The van der Waals surface area contributed by atoms with E-state index < -0.39 is 18.4 Å². The van der Waals surface area contributed by atoms with E-state index in [0.29, 0.717) is 16.2 Å². The monoisotopic (exact) mass is 402 g/mol. The highest BCUT2D eigenvalue weighted by atomic mass is 32.2. The van der Waals surface area contributed by atoms with Gasteiger partial charge in [0.05, 0.1) is 17.4 Å². The Bertz CT molecular complexity index is 928. The van der Waals surface area contributed by atoms with E-state index >= 15 is 0 Å². The van der Waals surface area contributed by atoms with Crippen LogP contribution in [0, 0.1) is 5.82 Å². The van der Waals surface area contributed by atoms with Crippen molar-refractivity contribution in [1.29, 1.82) is 0 Å². The molecule has 0 radical (unpaired) electrons. The second-order valence-corrected chi connectivity index (χ2v) is 7.30. The number of ether oxygens (including phenoxy) is 1. The minimum Gasteiger partial charge on any atom is -0.548 e. The third-order valence-corrected chi connectivity index (χ3v) is 5.01. The van der Waals surface area contributed by atoms with E-state index in [4.69, 9.17) is 17.0 Å². The Hall–Kier alpha value is -2.71. The van der Waals surface area contributed by atoms with Crippen LogP contribution in [0.4, 0.5) is 4.39 Å².